The largest absolute Gasteiger partial charge is 0.469 e. The van der Waals surface area contributed by atoms with Crippen molar-refractivity contribution in [1.29, 1.82) is 0 Å². The van der Waals surface area contributed by atoms with Crippen LogP contribution in [0, 0.1) is 17.0 Å². The normalized spacial score (nSPS) is 13.3. The SMILES string of the molecule is COC(=O)C(C)(C)[C@H](N)c1cc(F)cc(F)c1. The van der Waals surface area contributed by atoms with E-state index in [1.807, 2.05) is 0 Å². The Morgan fingerprint density at radius 2 is 1.76 bits per heavy atom. The van der Waals surface area contributed by atoms with Gasteiger partial charge in [0.2, 0.25) is 0 Å². The minimum Gasteiger partial charge on any atom is -0.469 e. The molecule has 2 N–H and O–H groups in total. The van der Waals surface area contributed by atoms with Crippen molar-refractivity contribution in [3.8, 4) is 0 Å². The lowest BCUT2D eigenvalue weighted by atomic mass is 9.81. The zero-order chi connectivity index (χ0) is 13.2. The van der Waals surface area contributed by atoms with Gasteiger partial charge < -0.3 is 10.5 Å². The Balaban J connectivity index is 3.11. The average molecular weight is 243 g/mol. The van der Waals surface area contributed by atoms with Gasteiger partial charge in [-0.3, -0.25) is 4.79 Å². The quantitative estimate of drug-likeness (QED) is 0.828. The molecule has 94 valence electrons. The highest BCUT2D eigenvalue weighted by molar-refractivity contribution is 5.77. The molecule has 1 atom stereocenters. The van der Waals surface area contributed by atoms with Crippen LogP contribution in [-0.2, 0) is 9.53 Å². The molecule has 0 aromatic heterocycles. The first kappa shape index (κ1) is 13.6. The Morgan fingerprint density at radius 3 is 2.18 bits per heavy atom. The Bertz CT molecular complexity index is 412. The zero-order valence-electron chi connectivity index (χ0n) is 9.96. The van der Waals surface area contributed by atoms with Crippen molar-refractivity contribution in [2.45, 2.75) is 19.9 Å². The summed E-state index contributed by atoms with van der Waals surface area (Å²) in [6.07, 6.45) is 0. The minimum absolute atomic E-state index is 0.220. The van der Waals surface area contributed by atoms with Crippen LogP contribution in [0.3, 0.4) is 0 Å². The van der Waals surface area contributed by atoms with Gasteiger partial charge in [-0.25, -0.2) is 8.78 Å². The molecule has 0 aliphatic rings. The molecule has 0 unspecified atom stereocenters. The molecule has 0 amide bonds. The lowest BCUT2D eigenvalue weighted by Gasteiger charge is -2.28. The van der Waals surface area contributed by atoms with Crippen molar-refractivity contribution >= 4 is 5.97 Å². The van der Waals surface area contributed by atoms with Gasteiger partial charge in [-0.1, -0.05) is 0 Å². The molecule has 1 aromatic carbocycles. The van der Waals surface area contributed by atoms with Crippen molar-refractivity contribution in [2.75, 3.05) is 7.11 Å². The Hall–Kier alpha value is -1.49. The van der Waals surface area contributed by atoms with Gasteiger partial charge in [0, 0.05) is 12.1 Å². The van der Waals surface area contributed by atoms with E-state index in [1.165, 1.54) is 7.11 Å². The molecule has 0 aliphatic carbocycles. The molecule has 0 saturated carbocycles. The number of methoxy groups -OCH3 is 1. The zero-order valence-corrected chi connectivity index (χ0v) is 9.96. The molecule has 0 spiro atoms. The first-order chi connectivity index (χ1) is 7.78. The number of carbonyl (C=O) groups is 1. The van der Waals surface area contributed by atoms with Crippen LogP contribution in [0.2, 0.25) is 0 Å². The van der Waals surface area contributed by atoms with E-state index in [1.54, 1.807) is 13.8 Å². The fraction of sp³-hybridized carbons (Fsp3) is 0.417. The number of halogens is 2. The number of rotatable bonds is 3. The first-order valence-electron chi connectivity index (χ1n) is 5.09. The van der Waals surface area contributed by atoms with Crippen LogP contribution in [0.4, 0.5) is 8.78 Å². The Kier molecular flexibility index (Phi) is 3.83. The Morgan fingerprint density at radius 1 is 1.29 bits per heavy atom. The standard InChI is InChI=1S/C12H15F2NO2/c1-12(2,11(16)17-3)10(15)7-4-8(13)6-9(14)5-7/h4-6,10H,15H2,1-3H3/t10-/m1/s1. The summed E-state index contributed by atoms with van der Waals surface area (Å²) in [6.45, 7) is 3.12. The second-order valence-electron chi connectivity index (χ2n) is 4.39. The lowest BCUT2D eigenvalue weighted by molar-refractivity contribution is -0.152. The predicted octanol–water partition coefficient (Wildman–Crippen LogP) is 2.16. The molecule has 3 nitrogen and oxygen atoms in total. The predicted molar refractivity (Wildman–Crippen MR) is 59.1 cm³/mol. The topological polar surface area (TPSA) is 52.3 Å². The summed E-state index contributed by atoms with van der Waals surface area (Å²) >= 11 is 0. The summed E-state index contributed by atoms with van der Waals surface area (Å²) in [6, 6.07) is 2.12. The maximum atomic E-state index is 13.0. The van der Waals surface area contributed by atoms with Crippen LogP contribution in [0.1, 0.15) is 25.5 Å². The summed E-state index contributed by atoms with van der Waals surface area (Å²) < 4.78 is 30.7. The highest BCUT2D eigenvalue weighted by Gasteiger charge is 2.36. The highest BCUT2D eigenvalue weighted by atomic mass is 19.1. The third kappa shape index (κ3) is 2.79. The van der Waals surface area contributed by atoms with Crippen molar-refractivity contribution in [3.63, 3.8) is 0 Å². The molecule has 1 aromatic rings. The molecular weight excluding hydrogens is 228 g/mol. The molecule has 0 saturated heterocycles. The van der Waals surface area contributed by atoms with Crippen molar-refractivity contribution in [1.82, 2.24) is 0 Å². The number of benzene rings is 1. The lowest BCUT2D eigenvalue weighted by Crippen LogP contribution is -2.37. The number of carbonyl (C=O) groups excluding carboxylic acids is 1. The van der Waals surface area contributed by atoms with Crippen LogP contribution >= 0.6 is 0 Å². The third-order valence-corrected chi connectivity index (χ3v) is 2.73. The van der Waals surface area contributed by atoms with Gasteiger partial charge in [-0.2, -0.15) is 0 Å². The summed E-state index contributed by atoms with van der Waals surface area (Å²) in [5, 5.41) is 0. The molecule has 0 radical (unpaired) electrons. The first-order valence-corrected chi connectivity index (χ1v) is 5.09. The van der Waals surface area contributed by atoms with Crippen molar-refractivity contribution in [3.05, 3.63) is 35.4 Å². The van der Waals surface area contributed by atoms with E-state index < -0.39 is 29.1 Å². The number of nitrogens with two attached hydrogens (primary N) is 1. The van der Waals surface area contributed by atoms with Gasteiger partial charge in [-0.15, -0.1) is 0 Å². The van der Waals surface area contributed by atoms with Gasteiger partial charge in [0.25, 0.3) is 0 Å². The van der Waals surface area contributed by atoms with E-state index in [0.717, 1.165) is 18.2 Å². The number of ether oxygens (including phenoxy) is 1. The van der Waals surface area contributed by atoms with Crippen LogP contribution in [0.5, 0.6) is 0 Å². The van der Waals surface area contributed by atoms with E-state index in [-0.39, 0.29) is 5.56 Å². The molecule has 0 heterocycles. The van der Waals surface area contributed by atoms with Gasteiger partial charge in [0.1, 0.15) is 11.6 Å². The second kappa shape index (κ2) is 4.79. The molecule has 0 aliphatic heterocycles. The summed E-state index contributed by atoms with van der Waals surface area (Å²) in [4.78, 5) is 11.5. The average Bonchev–Trinajstić information content (AvgIpc) is 2.25. The molecular formula is C12H15F2NO2. The molecule has 0 fully saturated rings. The third-order valence-electron chi connectivity index (χ3n) is 2.73. The molecule has 17 heavy (non-hydrogen) atoms. The van der Waals surface area contributed by atoms with Crippen LogP contribution in [0.15, 0.2) is 18.2 Å². The number of esters is 1. The van der Waals surface area contributed by atoms with E-state index in [0.29, 0.717) is 0 Å². The van der Waals surface area contributed by atoms with Gasteiger partial charge >= 0.3 is 5.97 Å². The summed E-state index contributed by atoms with van der Waals surface area (Å²) in [5.41, 5.74) is 5.01. The maximum absolute atomic E-state index is 13.0. The summed E-state index contributed by atoms with van der Waals surface area (Å²) in [7, 11) is 1.24. The number of hydrogen-bond acceptors (Lipinski definition) is 3. The molecule has 1 rings (SSSR count). The van der Waals surface area contributed by atoms with E-state index in [9.17, 15) is 13.6 Å². The summed E-state index contributed by atoms with van der Waals surface area (Å²) in [5.74, 6) is -1.98. The van der Waals surface area contributed by atoms with Crippen molar-refractivity contribution < 1.29 is 18.3 Å². The van der Waals surface area contributed by atoms with Crippen LogP contribution in [-0.4, -0.2) is 13.1 Å². The fourth-order valence-corrected chi connectivity index (χ4v) is 1.56. The fourth-order valence-electron chi connectivity index (χ4n) is 1.56. The maximum Gasteiger partial charge on any atom is 0.313 e. The van der Waals surface area contributed by atoms with Gasteiger partial charge in [-0.05, 0) is 31.5 Å². The van der Waals surface area contributed by atoms with Gasteiger partial charge in [0.15, 0.2) is 0 Å². The Labute approximate surface area is 98.6 Å². The van der Waals surface area contributed by atoms with Gasteiger partial charge in [0.05, 0.1) is 12.5 Å². The van der Waals surface area contributed by atoms with E-state index >= 15 is 0 Å². The smallest absolute Gasteiger partial charge is 0.313 e. The molecule has 5 heteroatoms. The van der Waals surface area contributed by atoms with Crippen molar-refractivity contribution in [2.24, 2.45) is 11.1 Å². The van der Waals surface area contributed by atoms with E-state index in [4.69, 9.17) is 5.73 Å². The second-order valence-corrected chi connectivity index (χ2v) is 4.39. The van der Waals surface area contributed by atoms with Crippen LogP contribution in [0.25, 0.3) is 0 Å². The number of hydrogen-bond donors (Lipinski definition) is 1. The minimum atomic E-state index is -1.06. The van der Waals surface area contributed by atoms with E-state index in [2.05, 4.69) is 4.74 Å². The van der Waals surface area contributed by atoms with Crippen LogP contribution < -0.4 is 5.73 Å². The molecule has 0 bridgehead atoms. The highest BCUT2D eigenvalue weighted by Crippen LogP contribution is 2.33. The monoisotopic (exact) mass is 243 g/mol.